The van der Waals surface area contributed by atoms with Gasteiger partial charge in [-0.1, -0.05) is 6.07 Å². The highest BCUT2D eigenvalue weighted by molar-refractivity contribution is 14.1. The molecule has 0 heterocycles. The number of alkyl halides is 3. The summed E-state index contributed by atoms with van der Waals surface area (Å²) in [5, 5.41) is -0.699. The number of carbonyl (C=O) groups is 1. The van der Waals surface area contributed by atoms with Gasteiger partial charge in [-0.25, -0.2) is 8.78 Å². The second kappa shape index (κ2) is 5.21. The number of ketones is 1. The number of benzene rings is 1. The van der Waals surface area contributed by atoms with Crippen molar-refractivity contribution in [3.05, 3.63) is 32.9 Å². The van der Waals surface area contributed by atoms with Crippen molar-refractivity contribution in [1.29, 1.82) is 0 Å². The molecular weight excluding hydrogens is 336 g/mol. The molecule has 0 radical (unpaired) electrons. The highest BCUT2D eigenvalue weighted by Gasteiger charge is 2.17. The number of Topliss-reactive ketones (excluding diaryl/α,β-unsaturated/α-hetero) is 1. The Morgan fingerprint density at radius 2 is 2.07 bits per heavy atom. The lowest BCUT2D eigenvalue weighted by Crippen LogP contribution is -2.11. The molecule has 0 bridgehead atoms. The first-order valence-corrected chi connectivity index (χ1v) is 5.71. The summed E-state index contributed by atoms with van der Waals surface area (Å²) in [5.74, 6) is -0.338. The monoisotopic (exact) mass is 344 g/mol. The largest absolute Gasteiger partial charge is 0.293 e. The summed E-state index contributed by atoms with van der Waals surface area (Å²) in [6.07, 6.45) is -2.57. The first kappa shape index (κ1) is 12.8. The second-order valence-electron chi connectivity index (χ2n) is 3.02. The number of halogens is 4. The minimum absolute atomic E-state index is 0.126. The van der Waals surface area contributed by atoms with Gasteiger partial charge in [0.2, 0.25) is 0 Å². The third-order valence-electron chi connectivity index (χ3n) is 1.88. The SMILES string of the molecule is CC(Cl)C(=O)c1ccc(I)c(C(F)F)c1. The fourth-order valence-electron chi connectivity index (χ4n) is 1.09. The number of rotatable bonds is 3. The van der Waals surface area contributed by atoms with Gasteiger partial charge in [0.05, 0.1) is 5.38 Å². The van der Waals surface area contributed by atoms with Crippen LogP contribution in [0.4, 0.5) is 8.78 Å². The van der Waals surface area contributed by atoms with E-state index in [0.29, 0.717) is 3.57 Å². The molecule has 82 valence electrons. The van der Waals surface area contributed by atoms with Gasteiger partial charge in [0.25, 0.3) is 6.43 Å². The van der Waals surface area contributed by atoms with Crippen molar-refractivity contribution < 1.29 is 13.6 Å². The zero-order valence-corrected chi connectivity index (χ0v) is 10.7. The van der Waals surface area contributed by atoms with E-state index in [0.717, 1.165) is 0 Å². The van der Waals surface area contributed by atoms with Gasteiger partial charge in [0, 0.05) is 14.7 Å². The summed E-state index contributed by atoms with van der Waals surface area (Å²) >= 11 is 7.40. The Morgan fingerprint density at radius 1 is 1.47 bits per heavy atom. The van der Waals surface area contributed by atoms with Crippen molar-refractivity contribution in [2.24, 2.45) is 0 Å². The fourth-order valence-corrected chi connectivity index (χ4v) is 1.79. The highest BCUT2D eigenvalue weighted by atomic mass is 127. The predicted molar refractivity (Wildman–Crippen MR) is 63.8 cm³/mol. The molecule has 0 saturated carbocycles. The third-order valence-corrected chi connectivity index (χ3v) is 3.06. The molecular formula is C10H8ClF2IO. The zero-order valence-electron chi connectivity index (χ0n) is 7.81. The molecule has 1 aromatic carbocycles. The van der Waals surface area contributed by atoms with E-state index in [9.17, 15) is 13.6 Å². The standard InChI is InChI=1S/C10H8ClF2IO/c1-5(11)9(15)6-2-3-8(14)7(4-6)10(12)13/h2-5,10H,1H3. The molecule has 0 saturated heterocycles. The Morgan fingerprint density at radius 3 is 2.53 bits per heavy atom. The van der Waals surface area contributed by atoms with Crippen LogP contribution >= 0.6 is 34.2 Å². The topological polar surface area (TPSA) is 17.1 Å². The predicted octanol–water partition coefficient (Wildman–Crippen LogP) is 4.04. The molecule has 0 aromatic heterocycles. The lowest BCUT2D eigenvalue weighted by molar-refractivity contribution is 0.0991. The maximum absolute atomic E-state index is 12.5. The van der Waals surface area contributed by atoms with Gasteiger partial charge in [0.15, 0.2) is 5.78 Å². The van der Waals surface area contributed by atoms with Crippen molar-refractivity contribution in [1.82, 2.24) is 0 Å². The normalized spacial score (nSPS) is 12.9. The number of hydrogen-bond donors (Lipinski definition) is 0. The van der Waals surface area contributed by atoms with Crippen LogP contribution in [0, 0.1) is 3.57 Å². The van der Waals surface area contributed by atoms with Crippen LogP contribution in [0.5, 0.6) is 0 Å². The van der Waals surface area contributed by atoms with Crippen molar-refractivity contribution in [3.8, 4) is 0 Å². The van der Waals surface area contributed by atoms with Gasteiger partial charge in [-0.2, -0.15) is 0 Å². The van der Waals surface area contributed by atoms with Crippen LogP contribution in [0.25, 0.3) is 0 Å². The molecule has 1 nitrogen and oxygen atoms in total. The zero-order chi connectivity index (χ0) is 11.6. The lowest BCUT2D eigenvalue weighted by atomic mass is 10.1. The molecule has 1 rings (SSSR count). The van der Waals surface area contributed by atoms with Crippen LogP contribution in [0.3, 0.4) is 0 Å². The molecule has 0 amide bonds. The summed E-state index contributed by atoms with van der Waals surface area (Å²) in [4.78, 5) is 11.5. The first-order valence-electron chi connectivity index (χ1n) is 4.19. The summed E-state index contributed by atoms with van der Waals surface area (Å²) in [6.45, 7) is 1.52. The highest BCUT2D eigenvalue weighted by Crippen LogP contribution is 2.26. The smallest absolute Gasteiger partial charge is 0.264 e. The van der Waals surface area contributed by atoms with E-state index in [1.54, 1.807) is 0 Å². The van der Waals surface area contributed by atoms with E-state index in [2.05, 4.69) is 0 Å². The van der Waals surface area contributed by atoms with E-state index in [1.165, 1.54) is 25.1 Å². The minimum atomic E-state index is -2.57. The van der Waals surface area contributed by atoms with Crippen LogP contribution in [0.2, 0.25) is 0 Å². The second-order valence-corrected chi connectivity index (χ2v) is 4.83. The maximum atomic E-state index is 12.5. The van der Waals surface area contributed by atoms with Crippen LogP contribution in [-0.2, 0) is 0 Å². The molecule has 0 aliphatic carbocycles. The van der Waals surface area contributed by atoms with E-state index in [-0.39, 0.29) is 16.9 Å². The van der Waals surface area contributed by atoms with Crippen molar-refractivity contribution in [2.75, 3.05) is 0 Å². The van der Waals surface area contributed by atoms with E-state index >= 15 is 0 Å². The Labute approximate surface area is 105 Å². The Hall–Kier alpha value is -0.230. The third kappa shape index (κ3) is 3.11. The molecule has 0 aliphatic rings. The maximum Gasteiger partial charge on any atom is 0.264 e. The number of carbonyl (C=O) groups excluding carboxylic acids is 1. The quantitative estimate of drug-likeness (QED) is 0.459. The van der Waals surface area contributed by atoms with Crippen LogP contribution in [-0.4, -0.2) is 11.2 Å². The van der Waals surface area contributed by atoms with E-state index in [1.807, 2.05) is 22.6 Å². The van der Waals surface area contributed by atoms with Gasteiger partial charge >= 0.3 is 0 Å². The van der Waals surface area contributed by atoms with Crippen LogP contribution in [0.1, 0.15) is 29.3 Å². The van der Waals surface area contributed by atoms with Crippen molar-refractivity contribution in [2.45, 2.75) is 18.7 Å². The molecule has 0 N–H and O–H groups in total. The minimum Gasteiger partial charge on any atom is -0.293 e. The van der Waals surface area contributed by atoms with Gasteiger partial charge in [-0.05, 0) is 41.6 Å². The molecule has 0 fully saturated rings. The van der Waals surface area contributed by atoms with Crippen molar-refractivity contribution >= 4 is 40.0 Å². The summed E-state index contributed by atoms with van der Waals surface area (Å²) < 4.78 is 25.5. The molecule has 0 spiro atoms. The van der Waals surface area contributed by atoms with Gasteiger partial charge < -0.3 is 0 Å². The average molecular weight is 345 g/mol. The summed E-state index contributed by atoms with van der Waals surface area (Å²) in [6, 6.07) is 4.21. The molecule has 15 heavy (non-hydrogen) atoms. The van der Waals surface area contributed by atoms with Crippen LogP contribution in [0.15, 0.2) is 18.2 Å². The fraction of sp³-hybridized carbons (Fsp3) is 0.300. The van der Waals surface area contributed by atoms with Gasteiger partial charge in [0.1, 0.15) is 0 Å². The van der Waals surface area contributed by atoms with Crippen molar-refractivity contribution in [3.63, 3.8) is 0 Å². The Kier molecular flexibility index (Phi) is 4.45. The molecule has 0 aliphatic heterocycles. The first-order chi connectivity index (χ1) is 6.93. The summed E-state index contributed by atoms with van der Waals surface area (Å²) in [7, 11) is 0. The van der Waals surface area contributed by atoms with Crippen LogP contribution < -0.4 is 0 Å². The van der Waals surface area contributed by atoms with E-state index in [4.69, 9.17) is 11.6 Å². The van der Waals surface area contributed by atoms with Gasteiger partial charge in [-0.3, -0.25) is 4.79 Å². The van der Waals surface area contributed by atoms with E-state index < -0.39 is 11.8 Å². The molecule has 5 heteroatoms. The summed E-state index contributed by atoms with van der Waals surface area (Å²) in [5.41, 5.74) is 0.104. The molecule has 1 aromatic rings. The number of hydrogen-bond acceptors (Lipinski definition) is 1. The average Bonchev–Trinajstić information content (AvgIpc) is 2.16. The lowest BCUT2D eigenvalue weighted by Gasteiger charge is -2.07. The molecule has 1 unspecified atom stereocenters. The molecule has 1 atom stereocenters. The van der Waals surface area contributed by atoms with Gasteiger partial charge in [-0.15, -0.1) is 11.6 Å². The Bertz CT molecular complexity index is 380. The Balaban J connectivity index is 3.13.